The first-order chi connectivity index (χ1) is 6.29. The third kappa shape index (κ3) is 2.41. The van der Waals surface area contributed by atoms with Gasteiger partial charge in [0.2, 0.25) is 5.88 Å². The molecule has 1 rings (SSSR count). The average molecular weight is 207 g/mol. The van der Waals surface area contributed by atoms with Crippen LogP contribution in [0, 0.1) is 6.92 Å². The number of rotatable bonds is 1. The number of aromatic nitrogens is 1. The Labute approximate surface area is 77.7 Å². The molecule has 0 aliphatic rings. The second-order valence-electron chi connectivity index (χ2n) is 2.63. The summed E-state index contributed by atoms with van der Waals surface area (Å²) in [5.41, 5.74) is 10.9. The van der Waals surface area contributed by atoms with Crippen LogP contribution in [-0.2, 0) is 0 Å². The van der Waals surface area contributed by atoms with E-state index in [0.717, 1.165) is 0 Å². The quantitative estimate of drug-likeness (QED) is 0.730. The molecular formula is C7H8F3N3O. The molecule has 0 aromatic carbocycles. The van der Waals surface area contributed by atoms with Crippen molar-refractivity contribution < 1.29 is 17.9 Å². The van der Waals surface area contributed by atoms with Crippen LogP contribution >= 0.6 is 0 Å². The molecule has 0 atom stereocenters. The molecule has 0 fully saturated rings. The Kier molecular flexibility index (Phi) is 2.41. The SMILES string of the molecule is Cc1cc(N)c(N)nc1OC(F)(F)F. The van der Waals surface area contributed by atoms with E-state index in [4.69, 9.17) is 11.5 Å². The van der Waals surface area contributed by atoms with Crippen LogP contribution in [0.5, 0.6) is 5.88 Å². The van der Waals surface area contributed by atoms with E-state index in [1.54, 1.807) is 0 Å². The number of pyridine rings is 1. The molecule has 0 amide bonds. The highest BCUT2D eigenvalue weighted by Crippen LogP contribution is 2.27. The lowest BCUT2D eigenvalue weighted by atomic mass is 10.3. The van der Waals surface area contributed by atoms with E-state index < -0.39 is 12.2 Å². The summed E-state index contributed by atoms with van der Waals surface area (Å²) in [6.45, 7) is 1.39. The van der Waals surface area contributed by atoms with E-state index >= 15 is 0 Å². The summed E-state index contributed by atoms with van der Waals surface area (Å²) >= 11 is 0. The van der Waals surface area contributed by atoms with Gasteiger partial charge < -0.3 is 16.2 Å². The summed E-state index contributed by atoms with van der Waals surface area (Å²) in [7, 11) is 0. The number of ether oxygens (including phenoxy) is 1. The second kappa shape index (κ2) is 3.24. The zero-order valence-corrected chi connectivity index (χ0v) is 7.22. The lowest BCUT2D eigenvalue weighted by Crippen LogP contribution is -2.19. The van der Waals surface area contributed by atoms with E-state index in [0.29, 0.717) is 0 Å². The molecular weight excluding hydrogens is 199 g/mol. The number of alkyl halides is 3. The minimum atomic E-state index is -4.78. The van der Waals surface area contributed by atoms with Gasteiger partial charge in [0.05, 0.1) is 5.69 Å². The van der Waals surface area contributed by atoms with Crippen LogP contribution in [0.4, 0.5) is 24.7 Å². The van der Waals surface area contributed by atoms with Crippen molar-refractivity contribution in [1.29, 1.82) is 0 Å². The van der Waals surface area contributed by atoms with Crippen LogP contribution in [-0.4, -0.2) is 11.3 Å². The number of nitrogens with zero attached hydrogens (tertiary/aromatic N) is 1. The van der Waals surface area contributed by atoms with Crippen molar-refractivity contribution >= 4 is 11.5 Å². The van der Waals surface area contributed by atoms with Crippen molar-refractivity contribution in [3.63, 3.8) is 0 Å². The van der Waals surface area contributed by atoms with E-state index in [1.165, 1.54) is 13.0 Å². The molecule has 0 saturated heterocycles. The maximum absolute atomic E-state index is 11.8. The van der Waals surface area contributed by atoms with Crippen LogP contribution in [0.3, 0.4) is 0 Å². The number of aryl methyl sites for hydroxylation is 1. The normalized spacial score (nSPS) is 11.4. The largest absolute Gasteiger partial charge is 0.574 e. The van der Waals surface area contributed by atoms with Crippen molar-refractivity contribution in [2.45, 2.75) is 13.3 Å². The van der Waals surface area contributed by atoms with Crippen molar-refractivity contribution in [2.75, 3.05) is 11.5 Å². The Hall–Kier alpha value is -1.66. The first-order valence-corrected chi connectivity index (χ1v) is 3.58. The molecule has 4 N–H and O–H groups in total. The highest BCUT2D eigenvalue weighted by Gasteiger charge is 2.32. The highest BCUT2D eigenvalue weighted by molar-refractivity contribution is 5.60. The molecule has 0 spiro atoms. The molecule has 1 aromatic heterocycles. The lowest BCUT2D eigenvalue weighted by molar-refractivity contribution is -0.276. The van der Waals surface area contributed by atoms with E-state index in [9.17, 15) is 13.2 Å². The van der Waals surface area contributed by atoms with Gasteiger partial charge in [-0.3, -0.25) is 0 Å². The van der Waals surface area contributed by atoms with Gasteiger partial charge in [0.15, 0.2) is 5.82 Å². The van der Waals surface area contributed by atoms with Crippen molar-refractivity contribution in [2.24, 2.45) is 0 Å². The molecule has 0 bridgehead atoms. The van der Waals surface area contributed by atoms with Crippen LogP contribution in [0.1, 0.15) is 5.56 Å². The fraction of sp³-hybridized carbons (Fsp3) is 0.286. The molecule has 0 aliphatic heterocycles. The Bertz CT molecular complexity index is 351. The number of nitrogen functional groups attached to an aromatic ring is 2. The summed E-state index contributed by atoms with van der Waals surface area (Å²) in [4.78, 5) is 3.37. The fourth-order valence-corrected chi connectivity index (χ4v) is 0.844. The Morgan fingerprint density at radius 1 is 1.36 bits per heavy atom. The van der Waals surface area contributed by atoms with Gasteiger partial charge in [-0.2, -0.15) is 4.98 Å². The summed E-state index contributed by atoms with van der Waals surface area (Å²) in [5, 5.41) is 0. The minimum absolute atomic E-state index is 0.122. The smallest absolute Gasteiger partial charge is 0.396 e. The van der Waals surface area contributed by atoms with Gasteiger partial charge in [-0.05, 0) is 13.0 Å². The molecule has 1 heterocycles. The molecule has 78 valence electrons. The monoisotopic (exact) mass is 207 g/mol. The first kappa shape index (κ1) is 10.4. The van der Waals surface area contributed by atoms with Gasteiger partial charge in [-0.25, -0.2) is 0 Å². The van der Waals surface area contributed by atoms with E-state index in [-0.39, 0.29) is 17.1 Å². The van der Waals surface area contributed by atoms with Gasteiger partial charge in [-0.15, -0.1) is 13.2 Å². The zero-order chi connectivity index (χ0) is 10.9. The van der Waals surface area contributed by atoms with Gasteiger partial charge in [0.1, 0.15) is 0 Å². The van der Waals surface area contributed by atoms with Gasteiger partial charge in [0.25, 0.3) is 0 Å². The fourth-order valence-electron chi connectivity index (χ4n) is 0.844. The van der Waals surface area contributed by atoms with Crippen molar-refractivity contribution in [3.8, 4) is 5.88 Å². The van der Waals surface area contributed by atoms with Crippen LogP contribution in [0.2, 0.25) is 0 Å². The summed E-state index contributed by atoms with van der Waals surface area (Å²) in [6.07, 6.45) is -4.78. The molecule has 14 heavy (non-hydrogen) atoms. The van der Waals surface area contributed by atoms with Crippen LogP contribution in [0.25, 0.3) is 0 Å². The molecule has 0 unspecified atom stereocenters. The number of anilines is 2. The van der Waals surface area contributed by atoms with Crippen LogP contribution < -0.4 is 16.2 Å². The van der Waals surface area contributed by atoms with Crippen molar-refractivity contribution in [1.82, 2.24) is 4.98 Å². The molecule has 7 heteroatoms. The number of halogens is 3. The number of nitrogens with two attached hydrogens (primary N) is 2. The lowest BCUT2D eigenvalue weighted by Gasteiger charge is -2.11. The third-order valence-corrected chi connectivity index (χ3v) is 1.44. The van der Waals surface area contributed by atoms with E-state index in [1.807, 2.05) is 0 Å². The average Bonchev–Trinajstić information content (AvgIpc) is 1.97. The maximum atomic E-state index is 11.8. The van der Waals surface area contributed by atoms with Crippen LogP contribution in [0.15, 0.2) is 6.07 Å². The second-order valence-corrected chi connectivity index (χ2v) is 2.63. The number of hydrogen-bond donors (Lipinski definition) is 2. The topological polar surface area (TPSA) is 74.2 Å². The summed E-state index contributed by atoms with van der Waals surface area (Å²) in [6, 6.07) is 1.27. The van der Waals surface area contributed by atoms with Gasteiger partial charge in [-0.1, -0.05) is 0 Å². The summed E-state index contributed by atoms with van der Waals surface area (Å²) < 4.78 is 39.1. The molecule has 0 saturated carbocycles. The maximum Gasteiger partial charge on any atom is 0.574 e. The predicted octanol–water partition coefficient (Wildman–Crippen LogP) is 1.45. The zero-order valence-electron chi connectivity index (χ0n) is 7.22. The molecule has 0 radical (unpaired) electrons. The molecule has 1 aromatic rings. The van der Waals surface area contributed by atoms with Gasteiger partial charge in [0, 0.05) is 5.56 Å². The van der Waals surface area contributed by atoms with E-state index in [2.05, 4.69) is 9.72 Å². The standard InChI is InChI=1S/C7H8F3N3O/c1-3-2-4(11)5(12)13-6(3)14-7(8,9)10/h2H,11H2,1H3,(H2,12,13). The third-order valence-electron chi connectivity index (χ3n) is 1.44. The van der Waals surface area contributed by atoms with Gasteiger partial charge >= 0.3 is 6.36 Å². The Morgan fingerprint density at radius 2 is 1.93 bits per heavy atom. The minimum Gasteiger partial charge on any atom is -0.396 e. The molecule has 4 nitrogen and oxygen atoms in total. The highest BCUT2D eigenvalue weighted by atomic mass is 19.4. The summed E-state index contributed by atoms with van der Waals surface area (Å²) in [5.74, 6) is -0.765. The predicted molar refractivity (Wildman–Crippen MR) is 44.5 cm³/mol. The Balaban J connectivity index is 3.04. The first-order valence-electron chi connectivity index (χ1n) is 3.58. The van der Waals surface area contributed by atoms with Crippen molar-refractivity contribution in [3.05, 3.63) is 11.6 Å². The Morgan fingerprint density at radius 3 is 2.43 bits per heavy atom. The molecule has 0 aliphatic carbocycles. The number of hydrogen-bond acceptors (Lipinski definition) is 4.